The Morgan fingerprint density at radius 3 is 2.52 bits per heavy atom. The van der Waals surface area contributed by atoms with Crippen LogP contribution < -0.4 is 10.5 Å². The lowest BCUT2D eigenvalue weighted by molar-refractivity contribution is -0.137. The Labute approximate surface area is 126 Å². The number of halogens is 4. The van der Waals surface area contributed by atoms with Crippen molar-refractivity contribution in [2.45, 2.75) is 12.6 Å². The number of hydrogen-bond acceptors (Lipinski definition) is 3. The Morgan fingerprint density at radius 2 is 2.00 bits per heavy atom. The molecule has 0 aliphatic rings. The lowest BCUT2D eigenvalue weighted by Crippen LogP contribution is -2.34. The number of anilines is 1. The first-order valence-electron chi connectivity index (χ1n) is 5.89. The van der Waals surface area contributed by atoms with Crippen LogP contribution in [0.4, 0.5) is 18.9 Å². The molecule has 120 valence electrons. The van der Waals surface area contributed by atoms with Gasteiger partial charge in [0.25, 0.3) is 0 Å². The summed E-state index contributed by atoms with van der Waals surface area (Å²) in [6.07, 6.45) is -4.23. The van der Waals surface area contributed by atoms with E-state index >= 15 is 0 Å². The van der Waals surface area contributed by atoms with E-state index in [-0.39, 0.29) is 12.2 Å². The Hall–Kier alpha value is -1.03. The molecule has 0 unspecified atom stereocenters. The van der Waals surface area contributed by atoms with E-state index in [4.69, 9.17) is 17.3 Å². The molecule has 21 heavy (non-hydrogen) atoms. The molecule has 5 nitrogen and oxygen atoms in total. The van der Waals surface area contributed by atoms with Crippen molar-refractivity contribution in [1.82, 2.24) is 4.31 Å². The lowest BCUT2D eigenvalue weighted by atomic mass is 10.2. The molecular formula is C11H15ClF3N3O2S. The fourth-order valence-electron chi connectivity index (χ4n) is 1.47. The van der Waals surface area contributed by atoms with Gasteiger partial charge in [0.1, 0.15) is 0 Å². The van der Waals surface area contributed by atoms with Crippen molar-refractivity contribution in [3.8, 4) is 0 Å². The average Bonchev–Trinajstić information content (AvgIpc) is 2.36. The molecule has 0 radical (unpaired) electrons. The largest absolute Gasteiger partial charge is 0.417 e. The molecule has 0 heterocycles. The summed E-state index contributed by atoms with van der Waals surface area (Å²) in [5.41, 5.74) is 3.96. The van der Waals surface area contributed by atoms with Gasteiger partial charge in [-0.15, -0.1) is 0 Å². The average molecular weight is 346 g/mol. The summed E-state index contributed by atoms with van der Waals surface area (Å²) in [4.78, 5) is 0. The number of hydrogen-bond donors (Lipinski definition) is 2. The van der Waals surface area contributed by atoms with E-state index in [1.165, 1.54) is 7.05 Å². The van der Waals surface area contributed by atoms with Gasteiger partial charge in [-0.25, -0.2) is 0 Å². The highest BCUT2D eigenvalue weighted by Gasteiger charge is 2.33. The molecule has 0 amide bonds. The third-order valence-electron chi connectivity index (χ3n) is 2.61. The van der Waals surface area contributed by atoms with E-state index in [1.54, 1.807) is 0 Å². The Bertz CT molecular complexity index is 593. The van der Waals surface area contributed by atoms with Crippen LogP contribution in [-0.2, 0) is 16.4 Å². The van der Waals surface area contributed by atoms with Crippen molar-refractivity contribution in [2.24, 2.45) is 5.73 Å². The third kappa shape index (κ3) is 5.03. The van der Waals surface area contributed by atoms with Crippen LogP contribution in [0, 0.1) is 0 Å². The van der Waals surface area contributed by atoms with Gasteiger partial charge in [-0.3, -0.25) is 4.72 Å². The molecule has 0 aliphatic carbocycles. The summed E-state index contributed by atoms with van der Waals surface area (Å²) in [5, 5.41) is -0.498. The highest BCUT2D eigenvalue weighted by molar-refractivity contribution is 7.90. The molecule has 0 spiro atoms. The zero-order valence-corrected chi connectivity index (χ0v) is 12.7. The number of nitrogens with one attached hydrogen (secondary N) is 1. The highest BCUT2D eigenvalue weighted by Crippen LogP contribution is 2.36. The Balaban J connectivity index is 2.98. The molecule has 0 saturated carbocycles. The smallest absolute Gasteiger partial charge is 0.330 e. The fourth-order valence-corrected chi connectivity index (χ4v) is 2.64. The van der Waals surface area contributed by atoms with E-state index in [9.17, 15) is 21.6 Å². The fraction of sp³-hybridized carbons (Fsp3) is 0.455. The van der Waals surface area contributed by atoms with Crippen LogP contribution in [0.1, 0.15) is 12.0 Å². The van der Waals surface area contributed by atoms with E-state index < -0.39 is 27.0 Å². The van der Waals surface area contributed by atoms with Gasteiger partial charge in [0.2, 0.25) is 0 Å². The van der Waals surface area contributed by atoms with Crippen LogP contribution in [0.25, 0.3) is 0 Å². The van der Waals surface area contributed by atoms with Crippen molar-refractivity contribution in [3.05, 3.63) is 28.8 Å². The van der Waals surface area contributed by atoms with E-state index in [0.29, 0.717) is 19.0 Å². The molecule has 0 saturated heterocycles. The Morgan fingerprint density at radius 1 is 1.38 bits per heavy atom. The van der Waals surface area contributed by atoms with Crippen molar-refractivity contribution in [2.75, 3.05) is 24.9 Å². The summed E-state index contributed by atoms with van der Waals surface area (Å²) in [7, 11) is -2.64. The molecule has 0 bridgehead atoms. The summed E-state index contributed by atoms with van der Waals surface area (Å²) >= 11 is 5.46. The van der Waals surface area contributed by atoms with Gasteiger partial charge in [-0.05, 0) is 31.2 Å². The standard InChI is InChI=1S/C11H15ClF3N3O2S/c1-18(6-2-5-16)21(19,20)17-8-3-4-10(12)9(7-8)11(13,14)15/h3-4,7,17H,2,5-6,16H2,1H3. The minimum absolute atomic E-state index is 0.158. The van der Waals surface area contributed by atoms with Crippen LogP contribution in [0.15, 0.2) is 18.2 Å². The summed E-state index contributed by atoms with van der Waals surface area (Å²) in [6, 6.07) is 2.80. The van der Waals surface area contributed by atoms with Gasteiger partial charge in [-0.1, -0.05) is 11.6 Å². The van der Waals surface area contributed by atoms with E-state index in [2.05, 4.69) is 4.72 Å². The Kier molecular flexibility index (Phi) is 5.85. The number of alkyl halides is 3. The van der Waals surface area contributed by atoms with E-state index in [1.807, 2.05) is 0 Å². The molecule has 1 aromatic rings. The van der Waals surface area contributed by atoms with Crippen LogP contribution in [0.2, 0.25) is 5.02 Å². The zero-order chi connectivity index (χ0) is 16.3. The van der Waals surface area contributed by atoms with Gasteiger partial charge in [0, 0.05) is 13.6 Å². The van der Waals surface area contributed by atoms with Crippen LogP contribution in [0.5, 0.6) is 0 Å². The molecule has 1 aromatic carbocycles. The monoisotopic (exact) mass is 345 g/mol. The van der Waals surface area contributed by atoms with Gasteiger partial charge < -0.3 is 5.73 Å². The maximum Gasteiger partial charge on any atom is 0.417 e. The molecule has 0 atom stereocenters. The summed E-state index contributed by atoms with van der Waals surface area (Å²) in [6.45, 7) is 0.463. The quantitative estimate of drug-likeness (QED) is 0.830. The number of nitrogens with two attached hydrogens (primary N) is 1. The van der Waals surface area contributed by atoms with Gasteiger partial charge in [0.05, 0.1) is 16.3 Å². The minimum atomic E-state index is -4.66. The first kappa shape index (κ1) is 18.0. The predicted octanol–water partition coefficient (Wildman–Crippen LogP) is 2.30. The van der Waals surface area contributed by atoms with Crippen LogP contribution in [0.3, 0.4) is 0 Å². The second kappa shape index (κ2) is 6.82. The van der Waals surface area contributed by atoms with Gasteiger partial charge >= 0.3 is 16.4 Å². The molecule has 10 heteroatoms. The number of nitrogens with zero attached hydrogens (tertiary/aromatic N) is 1. The second-order valence-corrected chi connectivity index (χ2v) is 6.45. The molecular weight excluding hydrogens is 331 g/mol. The molecule has 1 rings (SSSR count). The molecule has 0 aromatic heterocycles. The lowest BCUT2D eigenvalue weighted by Gasteiger charge is -2.18. The van der Waals surface area contributed by atoms with Crippen molar-refractivity contribution in [1.29, 1.82) is 0 Å². The third-order valence-corrected chi connectivity index (χ3v) is 4.43. The number of rotatable bonds is 6. The van der Waals surface area contributed by atoms with Gasteiger partial charge in [0.15, 0.2) is 0 Å². The minimum Gasteiger partial charge on any atom is -0.330 e. The SMILES string of the molecule is CN(CCCN)S(=O)(=O)Nc1ccc(Cl)c(C(F)(F)F)c1. The molecule has 0 aliphatic heterocycles. The zero-order valence-electron chi connectivity index (χ0n) is 11.1. The van der Waals surface area contributed by atoms with E-state index in [0.717, 1.165) is 16.4 Å². The first-order chi connectivity index (χ1) is 9.58. The van der Waals surface area contributed by atoms with Crippen LogP contribution >= 0.6 is 11.6 Å². The first-order valence-corrected chi connectivity index (χ1v) is 7.70. The second-order valence-electron chi connectivity index (χ2n) is 4.26. The van der Waals surface area contributed by atoms with Crippen molar-refractivity contribution >= 4 is 27.5 Å². The summed E-state index contributed by atoms with van der Waals surface area (Å²) in [5.74, 6) is 0. The number of benzene rings is 1. The topological polar surface area (TPSA) is 75.4 Å². The molecule has 0 fully saturated rings. The maximum atomic E-state index is 12.7. The van der Waals surface area contributed by atoms with Crippen molar-refractivity contribution in [3.63, 3.8) is 0 Å². The highest BCUT2D eigenvalue weighted by atomic mass is 35.5. The maximum absolute atomic E-state index is 12.7. The van der Waals surface area contributed by atoms with Gasteiger partial charge in [-0.2, -0.15) is 25.9 Å². The van der Waals surface area contributed by atoms with Crippen molar-refractivity contribution < 1.29 is 21.6 Å². The normalized spacial score (nSPS) is 12.7. The summed E-state index contributed by atoms with van der Waals surface area (Å²) < 4.78 is 65.0. The van der Waals surface area contributed by atoms with Crippen LogP contribution in [-0.4, -0.2) is 32.9 Å². The predicted molar refractivity (Wildman–Crippen MR) is 75.3 cm³/mol. The molecule has 3 N–H and O–H groups in total.